The van der Waals surface area contributed by atoms with Crippen molar-refractivity contribution < 1.29 is 0 Å². The van der Waals surface area contributed by atoms with E-state index in [1.54, 1.807) is 0 Å². The third kappa shape index (κ3) is 3.20. The number of pyridine rings is 1. The Bertz CT molecular complexity index is 462. The summed E-state index contributed by atoms with van der Waals surface area (Å²) in [6, 6.07) is 8.82. The highest BCUT2D eigenvalue weighted by Gasteiger charge is 2.09. The molecule has 0 aromatic carbocycles. The van der Waals surface area contributed by atoms with Crippen molar-refractivity contribution in [3.05, 3.63) is 54.1 Å². The Kier molecular flexibility index (Phi) is 4.53. The molecule has 1 atom stereocenters. The second-order valence-electron chi connectivity index (χ2n) is 4.59. The quantitative estimate of drug-likeness (QED) is 0.845. The smallest absolute Gasteiger partial charge is 0.0474 e. The lowest BCUT2D eigenvalue weighted by Crippen LogP contribution is -2.22. The molecule has 0 radical (unpaired) electrons. The molecule has 0 fully saturated rings. The van der Waals surface area contributed by atoms with E-state index in [1.807, 2.05) is 12.4 Å². The highest BCUT2D eigenvalue weighted by Crippen LogP contribution is 2.15. The van der Waals surface area contributed by atoms with Gasteiger partial charge in [-0.1, -0.05) is 6.92 Å². The molecular weight excluding hydrogens is 222 g/mol. The summed E-state index contributed by atoms with van der Waals surface area (Å²) in [6.07, 6.45) is 6.99. The minimum atomic E-state index is 0.391. The van der Waals surface area contributed by atoms with Gasteiger partial charge in [0.05, 0.1) is 0 Å². The van der Waals surface area contributed by atoms with E-state index in [2.05, 4.69) is 59.2 Å². The standard InChI is InChI=1S/C15H21N3/c1-3-8-17-13(2)15-5-4-11-18(15)12-14-6-9-16-10-7-14/h4-7,9-11,13,17H,3,8,12H2,1-2H3. The predicted molar refractivity (Wildman–Crippen MR) is 74.5 cm³/mol. The molecule has 2 rings (SSSR count). The van der Waals surface area contributed by atoms with Gasteiger partial charge in [-0.3, -0.25) is 4.98 Å². The molecule has 2 heterocycles. The summed E-state index contributed by atoms with van der Waals surface area (Å²) in [4.78, 5) is 4.05. The van der Waals surface area contributed by atoms with Gasteiger partial charge in [-0.05, 0) is 49.7 Å². The van der Waals surface area contributed by atoms with E-state index in [1.165, 1.54) is 11.3 Å². The average Bonchev–Trinajstić information content (AvgIpc) is 2.85. The molecule has 96 valence electrons. The lowest BCUT2D eigenvalue weighted by molar-refractivity contribution is 0.534. The van der Waals surface area contributed by atoms with Crippen molar-refractivity contribution in [1.82, 2.24) is 14.9 Å². The maximum atomic E-state index is 4.05. The molecule has 3 heteroatoms. The van der Waals surface area contributed by atoms with Crippen LogP contribution in [0.5, 0.6) is 0 Å². The van der Waals surface area contributed by atoms with Crippen LogP contribution in [-0.2, 0) is 6.54 Å². The highest BCUT2D eigenvalue weighted by atomic mass is 15.0. The van der Waals surface area contributed by atoms with E-state index < -0.39 is 0 Å². The van der Waals surface area contributed by atoms with Crippen LogP contribution < -0.4 is 5.32 Å². The molecule has 1 N–H and O–H groups in total. The molecule has 0 aliphatic heterocycles. The molecule has 0 spiro atoms. The fraction of sp³-hybridized carbons (Fsp3) is 0.400. The Morgan fingerprint density at radius 1 is 1.28 bits per heavy atom. The third-order valence-electron chi connectivity index (χ3n) is 3.11. The van der Waals surface area contributed by atoms with Gasteiger partial charge in [0.15, 0.2) is 0 Å². The summed E-state index contributed by atoms with van der Waals surface area (Å²) in [7, 11) is 0. The first-order valence-corrected chi connectivity index (χ1v) is 6.58. The van der Waals surface area contributed by atoms with Gasteiger partial charge in [-0.15, -0.1) is 0 Å². The molecule has 0 amide bonds. The number of nitrogens with one attached hydrogen (secondary N) is 1. The van der Waals surface area contributed by atoms with Crippen LogP contribution in [0.15, 0.2) is 42.9 Å². The Morgan fingerprint density at radius 3 is 2.78 bits per heavy atom. The molecule has 3 nitrogen and oxygen atoms in total. The molecular formula is C15H21N3. The fourth-order valence-corrected chi connectivity index (χ4v) is 2.11. The Balaban J connectivity index is 2.08. The lowest BCUT2D eigenvalue weighted by Gasteiger charge is -2.17. The second kappa shape index (κ2) is 6.36. The number of hydrogen-bond acceptors (Lipinski definition) is 2. The molecule has 18 heavy (non-hydrogen) atoms. The largest absolute Gasteiger partial charge is 0.346 e. The van der Waals surface area contributed by atoms with Crippen LogP contribution >= 0.6 is 0 Å². The fourth-order valence-electron chi connectivity index (χ4n) is 2.11. The maximum Gasteiger partial charge on any atom is 0.0474 e. The van der Waals surface area contributed by atoms with Gasteiger partial charge in [0.2, 0.25) is 0 Å². The third-order valence-corrected chi connectivity index (χ3v) is 3.11. The summed E-state index contributed by atoms with van der Waals surface area (Å²) in [5.74, 6) is 0. The normalized spacial score (nSPS) is 12.6. The predicted octanol–water partition coefficient (Wildman–Crippen LogP) is 2.99. The van der Waals surface area contributed by atoms with Crippen LogP contribution in [0.2, 0.25) is 0 Å². The van der Waals surface area contributed by atoms with Gasteiger partial charge >= 0.3 is 0 Å². The first kappa shape index (κ1) is 12.8. The van der Waals surface area contributed by atoms with Gasteiger partial charge in [-0.2, -0.15) is 0 Å². The van der Waals surface area contributed by atoms with Crippen LogP contribution in [0, 0.1) is 0 Å². The number of nitrogens with zero attached hydrogens (tertiary/aromatic N) is 2. The van der Waals surface area contributed by atoms with E-state index in [0.29, 0.717) is 6.04 Å². The molecule has 2 aromatic heterocycles. The molecule has 0 saturated carbocycles. The van der Waals surface area contributed by atoms with E-state index in [4.69, 9.17) is 0 Å². The summed E-state index contributed by atoms with van der Waals surface area (Å²) in [5.41, 5.74) is 2.62. The van der Waals surface area contributed by atoms with E-state index in [-0.39, 0.29) is 0 Å². The lowest BCUT2D eigenvalue weighted by atomic mass is 10.2. The van der Waals surface area contributed by atoms with E-state index >= 15 is 0 Å². The van der Waals surface area contributed by atoms with Crippen LogP contribution in [0.3, 0.4) is 0 Å². The van der Waals surface area contributed by atoms with Crippen molar-refractivity contribution in [2.45, 2.75) is 32.9 Å². The van der Waals surface area contributed by atoms with Gasteiger partial charge in [0, 0.05) is 36.9 Å². The zero-order chi connectivity index (χ0) is 12.8. The van der Waals surface area contributed by atoms with Crippen LogP contribution in [0.25, 0.3) is 0 Å². The van der Waals surface area contributed by atoms with Gasteiger partial charge in [-0.25, -0.2) is 0 Å². The number of hydrogen-bond donors (Lipinski definition) is 1. The molecule has 0 aliphatic carbocycles. The van der Waals surface area contributed by atoms with E-state index in [0.717, 1.165) is 19.5 Å². The monoisotopic (exact) mass is 243 g/mol. The Morgan fingerprint density at radius 2 is 2.06 bits per heavy atom. The van der Waals surface area contributed by atoms with Gasteiger partial charge < -0.3 is 9.88 Å². The first-order valence-electron chi connectivity index (χ1n) is 6.58. The topological polar surface area (TPSA) is 29.9 Å². The zero-order valence-corrected chi connectivity index (χ0v) is 11.1. The summed E-state index contributed by atoms with van der Waals surface area (Å²) >= 11 is 0. The van der Waals surface area contributed by atoms with Crippen LogP contribution in [0.1, 0.15) is 37.6 Å². The Hall–Kier alpha value is -1.61. The molecule has 0 saturated heterocycles. The van der Waals surface area contributed by atoms with Crippen molar-refractivity contribution in [3.63, 3.8) is 0 Å². The minimum absolute atomic E-state index is 0.391. The number of aromatic nitrogens is 2. The summed E-state index contributed by atoms with van der Waals surface area (Å²) < 4.78 is 2.29. The molecule has 0 aliphatic rings. The van der Waals surface area contributed by atoms with Crippen molar-refractivity contribution in [2.24, 2.45) is 0 Å². The highest BCUT2D eigenvalue weighted by molar-refractivity contribution is 5.16. The van der Waals surface area contributed by atoms with Crippen molar-refractivity contribution in [2.75, 3.05) is 6.54 Å². The molecule has 0 bridgehead atoms. The molecule has 1 unspecified atom stereocenters. The Labute approximate surface area is 109 Å². The van der Waals surface area contributed by atoms with Gasteiger partial charge in [0.1, 0.15) is 0 Å². The zero-order valence-electron chi connectivity index (χ0n) is 11.1. The summed E-state index contributed by atoms with van der Waals surface area (Å²) in [6.45, 7) is 6.37. The SMILES string of the molecule is CCCNC(C)c1cccn1Cc1ccncc1. The van der Waals surface area contributed by atoms with Crippen LogP contribution in [-0.4, -0.2) is 16.1 Å². The minimum Gasteiger partial charge on any atom is -0.346 e. The second-order valence-corrected chi connectivity index (χ2v) is 4.59. The summed E-state index contributed by atoms with van der Waals surface area (Å²) in [5, 5.41) is 3.53. The van der Waals surface area contributed by atoms with Gasteiger partial charge in [0.25, 0.3) is 0 Å². The van der Waals surface area contributed by atoms with Crippen molar-refractivity contribution >= 4 is 0 Å². The number of rotatable bonds is 6. The van der Waals surface area contributed by atoms with Crippen molar-refractivity contribution in [3.8, 4) is 0 Å². The first-order chi connectivity index (χ1) is 8.81. The average molecular weight is 243 g/mol. The molecule has 2 aromatic rings. The van der Waals surface area contributed by atoms with Crippen LogP contribution in [0.4, 0.5) is 0 Å². The maximum absolute atomic E-state index is 4.05. The van der Waals surface area contributed by atoms with Crippen molar-refractivity contribution in [1.29, 1.82) is 0 Å². The van der Waals surface area contributed by atoms with E-state index in [9.17, 15) is 0 Å².